The van der Waals surface area contributed by atoms with Crippen LogP contribution in [0.2, 0.25) is 0 Å². The Hall–Kier alpha value is -1.13. The summed E-state index contributed by atoms with van der Waals surface area (Å²) >= 11 is 0. The van der Waals surface area contributed by atoms with E-state index in [4.69, 9.17) is 5.73 Å². The largest absolute Gasteiger partial charge is 0.354 e. The molecular formula is C12H20N4. The first-order chi connectivity index (χ1) is 7.68. The molecule has 16 heavy (non-hydrogen) atoms. The van der Waals surface area contributed by atoms with Crippen molar-refractivity contribution in [3.05, 3.63) is 23.4 Å². The predicted octanol–water partition coefficient (Wildman–Crippen LogP) is 0.819. The van der Waals surface area contributed by atoms with Crippen molar-refractivity contribution in [2.45, 2.75) is 19.9 Å². The van der Waals surface area contributed by atoms with Gasteiger partial charge in [-0.3, -0.25) is 0 Å². The van der Waals surface area contributed by atoms with Gasteiger partial charge < -0.3 is 16.0 Å². The summed E-state index contributed by atoms with van der Waals surface area (Å²) in [5.41, 5.74) is 8.17. The minimum atomic E-state index is 0.0586. The topological polar surface area (TPSA) is 54.2 Å². The smallest absolute Gasteiger partial charge is 0.131 e. The van der Waals surface area contributed by atoms with E-state index in [-0.39, 0.29) is 6.04 Å². The molecule has 3 N–H and O–H groups in total. The fourth-order valence-corrected chi connectivity index (χ4v) is 2.05. The number of piperazine rings is 1. The third-order valence-corrected chi connectivity index (χ3v) is 3.01. The number of hydrogen-bond donors (Lipinski definition) is 2. The van der Waals surface area contributed by atoms with Crippen molar-refractivity contribution in [2.75, 3.05) is 31.1 Å². The lowest BCUT2D eigenvalue weighted by Gasteiger charge is -2.29. The summed E-state index contributed by atoms with van der Waals surface area (Å²) in [5, 5.41) is 3.34. The zero-order chi connectivity index (χ0) is 11.5. The second-order valence-corrected chi connectivity index (χ2v) is 4.43. The average Bonchev–Trinajstić information content (AvgIpc) is 2.30. The van der Waals surface area contributed by atoms with Crippen LogP contribution in [0, 0.1) is 6.92 Å². The molecule has 1 atom stereocenters. The van der Waals surface area contributed by atoms with E-state index in [2.05, 4.69) is 28.2 Å². The van der Waals surface area contributed by atoms with Crippen molar-refractivity contribution in [1.29, 1.82) is 0 Å². The molecule has 0 amide bonds. The van der Waals surface area contributed by atoms with Crippen LogP contribution in [0.3, 0.4) is 0 Å². The van der Waals surface area contributed by atoms with Gasteiger partial charge in [0, 0.05) is 38.4 Å². The highest BCUT2D eigenvalue weighted by molar-refractivity contribution is 5.48. The van der Waals surface area contributed by atoms with E-state index in [9.17, 15) is 0 Å². The van der Waals surface area contributed by atoms with Crippen LogP contribution in [-0.4, -0.2) is 31.2 Å². The summed E-state index contributed by atoms with van der Waals surface area (Å²) in [6.45, 7) is 8.24. The van der Waals surface area contributed by atoms with Gasteiger partial charge in [0.25, 0.3) is 0 Å². The fraction of sp³-hybridized carbons (Fsp3) is 0.583. The Bertz CT molecular complexity index is 356. The number of nitrogens with zero attached hydrogens (tertiary/aromatic N) is 2. The minimum Gasteiger partial charge on any atom is -0.354 e. The third kappa shape index (κ3) is 2.33. The van der Waals surface area contributed by atoms with Gasteiger partial charge in [-0.05, 0) is 31.0 Å². The lowest BCUT2D eigenvalue weighted by atomic mass is 10.1. The summed E-state index contributed by atoms with van der Waals surface area (Å²) in [7, 11) is 0. The maximum absolute atomic E-state index is 5.85. The molecule has 88 valence electrons. The first kappa shape index (κ1) is 11.4. The van der Waals surface area contributed by atoms with Gasteiger partial charge in [-0.2, -0.15) is 0 Å². The van der Waals surface area contributed by atoms with Crippen molar-refractivity contribution in [2.24, 2.45) is 5.73 Å². The average molecular weight is 220 g/mol. The molecule has 1 aromatic heterocycles. The van der Waals surface area contributed by atoms with Gasteiger partial charge in [-0.25, -0.2) is 4.98 Å². The number of anilines is 1. The van der Waals surface area contributed by atoms with Crippen molar-refractivity contribution in [3.63, 3.8) is 0 Å². The number of hydrogen-bond acceptors (Lipinski definition) is 4. The Morgan fingerprint density at radius 2 is 2.12 bits per heavy atom. The molecule has 0 aliphatic carbocycles. The van der Waals surface area contributed by atoms with Crippen LogP contribution in [0.5, 0.6) is 0 Å². The SMILES string of the molecule is Cc1cc([C@@H](C)N)cnc1N1CCNCC1. The van der Waals surface area contributed by atoms with Gasteiger partial charge in [0.05, 0.1) is 0 Å². The number of rotatable bonds is 2. The van der Waals surface area contributed by atoms with Crippen molar-refractivity contribution in [3.8, 4) is 0 Å². The summed E-state index contributed by atoms with van der Waals surface area (Å²) in [5.74, 6) is 1.10. The quantitative estimate of drug-likeness (QED) is 0.775. The maximum atomic E-state index is 5.85. The van der Waals surface area contributed by atoms with Crippen molar-refractivity contribution in [1.82, 2.24) is 10.3 Å². The lowest BCUT2D eigenvalue weighted by Crippen LogP contribution is -2.44. The van der Waals surface area contributed by atoms with Crippen LogP contribution in [-0.2, 0) is 0 Å². The van der Waals surface area contributed by atoms with E-state index in [0.717, 1.165) is 37.6 Å². The van der Waals surface area contributed by atoms with Gasteiger partial charge in [-0.1, -0.05) is 0 Å². The molecule has 4 heteroatoms. The van der Waals surface area contributed by atoms with Crippen LogP contribution in [0.1, 0.15) is 24.1 Å². The zero-order valence-electron chi connectivity index (χ0n) is 10.0. The van der Waals surface area contributed by atoms with Crippen LogP contribution in [0.25, 0.3) is 0 Å². The first-order valence-electron chi connectivity index (χ1n) is 5.86. The van der Waals surface area contributed by atoms with E-state index < -0.39 is 0 Å². The molecule has 1 fully saturated rings. The van der Waals surface area contributed by atoms with Crippen molar-refractivity contribution < 1.29 is 0 Å². The number of nitrogens with one attached hydrogen (secondary N) is 1. The molecule has 0 bridgehead atoms. The van der Waals surface area contributed by atoms with E-state index in [1.807, 2.05) is 13.1 Å². The Labute approximate surface area is 96.8 Å². The summed E-state index contributed by atoms with van der Waals surface area (Å²) in [4.78, 5) is 6.87. The minimum absolute atomic E-state index is 0.0586. The summed E-state index contributed by atoms with van der Waals surface area (Å²) < 4.78 is 0. The van der Waals surface area contributed by atoms with E-state index >= 15 is 0 Å². The summed E-state index contributed by atoms with van der Waals surface area (Å²) in [6, 6.07) is 2.21. The van der Waals surface area contributed by atoms with Crippen LogP contribution >= 0.6 is 0 Å². The first-order valence-corrected chi connectivity index (χ1v) is 5.86. The van der Waals surface area contributed by atoms with Crippen molar-refractivity contribution >= 4 is 5.82 Å². The molecule has 0 radical (unpaired) electrons. The van der Waals surface area contributed by atoms with Gasteiger partial charge in [0.1, 0.15) is 5.82 Å². The van der Waals surface area contributed by atoms with Crippen LogP contribution in [0.4, 0.5) is 5.82 Å². The molecule has 0 spiro atoms. The molecule has 1 saturated heterocycles. The van der Waals surface area contributed by atoms with E-state index in [0.29, 0.717) is 0 Å². The number of aryl methyl sites for hydroxylation is 1. The van der Waals surface area contributed by atoms with Gasteiger partial charge in [0.2, 0.25) is 0 Å². The van der Waals surface area contributed by atoms with Crippen LogP contribution < -0.4 is 16.0 Å². The fourth-order valence-electron chi connectivity index (χ4n) is 2.05. The molecule has 1 aliphatic heterocycles. The predicted molar refractivity (Wildman–Crippen MR) is 66.7 cm³/mol. The molecular weight excluding hydrogens is 200 g/mol. The lowest BCUT2D eigenvalue weighted by molar-refractivity contribution is 0.583. The van der Waals surface area contributed by atoms with Gasteiger partial charge >= 0.3 is 0 Å². The standard InChI is InChI=1S/C12H20N4/c1-9-7-11(10(2)13)8-15-12(9)16-5-3-14-4-6-16/h7-8,10,14H,3-6,13H2,1-2H3/t10-/m1/s1. The molecule has 1 aromatic rings. The number of nitrogens with two attached hydrogens (primary N) is 1. The molecule has 0 unspecified atom stereocenters. The second-order valence-electron chi connectivity index (χ2n) is 4.43. The van der Waals surface area contributed by atoms with E-state index in [1.165, 1.54) is 5.56 Å². The van der Waals surface area contributed by atoms with Gasteiger partial charge in [0.15, 0.2) is 0 Å². The van der Waals surface area contributed by atoms with Gasteiger partial charge in [-0.15, -0.1) is 0 Å². The molecule has 0 saturated carbocycles. The highest BCUT2D eigenvalue weighted by Crippen LogP contribution is 2.20. The third-order valence-electron chi connectivity index (χ3n) is 3.01. The van der Waals surface area contributed by atoms with E-state index in [1.54, 1.807) is 0 Å². The molecule has 1 aliphatic rings. The molecule has 4 nitrogen and oxygen atoms in total. The number of pyridine rings is 1. The Kier molecular flexibility index (Phi) is 3.41. The molecule has 2 heterocycles. The summed E-state index contributed by atoms with van der Waals surface area (Å²) in [6.07, 6.45) is 1.90. The molecule has 2 rings (SSSR count). The van der Waals surface area contributed by atoms with Crippen LogP contribution in [0.15, 0.2) is 12.3 Å². The number of aromatic nitrogens is 1. The zero-order valence-corrected chi connectivity index (χ0v) is 10.0. The Morgan fingerprint density at radius 3 is 2.69 bits per heavy atom. The second kappa shape index (κ2) is 4.80. The highest BCUT2D eigenvalue weighted by atomic mass is 15.2. The molecule has 0 aromatic carbocycles. The maximum Gasteiger partial charge on any atom is 0.131 e. The monoisotopic (exact) mass is 220 g/mol. The highest BCUT2D eigenvalue weighted by Gasteiger charge is 2.14. The Morgan fingerprint density at radius 1 is 1.44 bits per heavy atom. The Balaban J connectivity index is 2.21. The normalized spacial score (nSPS) is 18.6.